The second-order valence-electron chi connectivity index (χ2n) is 5.79. The minimum absolute atomic E-state index is 0.00474. The molecule has 1 amide bonds. The summed E-state index contributed by atoms with van der Waals surface area (Å²) >= 11 is 0.677. The zero-order valence-corrected chi connectivity index (χ0v) is 15.6. The van der Waals surface area contributed by atoms with Crippen LogP contribution in [0.3, 0.4) is 0 Å². The summed E-state index contributed by atoms with van der Waals surface area (Å²) in [5.74, 6) is -1.05. The van der Waals surface area contributed by atoms with Gasteiger partial charge in [0.2, 0.25) is 0 Å². The average molecular weight is 418 g/mol. The number of aliphatic hydroxyl groups is 1. The first-order chi connectivity index (χ1) is 12.3. The molecular weight excluding hydrogens is 405 g/mol. The third-order valence-electron chi connectivity index (χ3n) is 3.57. The van der Waals surface area contributed by atoms with E-state index in [-0.39, 0.29) is 14.8 Å². The number of hydrogen-bond donors (Lipinski definition) is 2. The normalized spacial score (nSPS) is 14.3. The van der Waals surface area contributed by atoms with Crippen LogP contribution in [0.4, 0.5) is 18.9 Å². The fraction of sp³-hybridized carbons (Fsp3) is 0.250. The van der Waals surface area contributed by atoms with Gasteiger partial charge in [-0.25, -0.2) is 8.42 Å². The van der Waals surface area contributed by atoms with E-state index in [2.05, 4.69) is 5.32 Å². The highest BCUT2D eigenvalue weighted by atomic mass is 32.2. The molecule has 0 bridgehead atoms. The van der Waals surface area contributed by atoms with Crippen LogP contribution in [0.5, 0.6) is 0 Å². The molecular formula is C16H13F3N2O4S2. The van der Waals surface area contributed by atoms with Crippen LogP contribution in [0, 0.1) is 11.3 Å². The number of hydrogen-bond acceptors (Lipinski definition) is 6. The van der Waals surface area contributed by atoms with Gasteiger partial charge in [0.05, 0.1) is 17.2 Å². The number of nitrogens with one attached hydrogen (secondary N) is 1. The number of nitriles is 1. The second kappa shape index (κ2) is 6.95. The zero-order valence-electron chi connectivity index (χ0n) is 14.0. The summed E-state index contributed by atoms with van der Waals surface area (Å²) in [6, 6.07) is 6.48. The number of nitrogens with zero attached hydrogens (tertiary/aromatic N) is 1. The number of thiophene rings is 1. The average Bonchev–Trinajstić information content (AvgIpc) is 3.05. The Morgan fingerprint density at radius 3 is 2.37 bits per heavy atom. The van der Waals surface area contributed by atoms with Crippen LogP contribution in [0.2, 0.25) is 0 Å². The smallest absolute Gasteiger partial charge is 0.375 e. The van der Waals surface area contributed by atoms with Crippen molar-refractivity contribution in [1.29, 1.82) is 5.26 Å². The molecule has 1 aromatic heterocycles. The van der Waals surface area contributed by atoms with Crippen molar-refractivity contribution in [1.82, 2.24) is 0 Å². The Hall–Kier alpha value is -2.42. The zero-order chi connectivity index (χ0) is 20.6. The van der Waals surface area contributed by atoms with Crippen LogP contribution in [0.25, 0.3) is 0 Å². The molecule has 1 atom stereocenters. The lowest BCUT2D eigenvalue weighted by atomic mass is 10.0. The van der Waals surface area contributed by atoms with E-state index in [0.29, 0.717) is 17.4 Å². The fourth-order valence-electron chi connectivity index (χ4n) is 2.10. The van der Waals surface area contributed by atoms with Crippen molar-refractivity contribution in [3.63, 3.8) is 0 Å². The van der Waals surface area contributed by atoms with Gasteiger partial charge < -0.3 is 10.4 Å². The Balaban J connectivity index is 2.34. The van der Waals surface area contributed by atoms with E-state index in [0.717, 1.165) is 25.3 Å². The van der Waals surface area contributed by atoms with Gasteiger partial charge >= 0.3 is 6.18 Å². The topological polar surface area (TPSA) is 107 Å². The SMILES string of the molecule is CC(O)(C(=O)Nc1ccc(C#N)c(C(F)(F)F)c1)c1ccc(S(C)(=O)=O)s1. The summed E-state index contributed by atoms with van der Waals surface area (Å²) in [7, 11) is -3.54. The summed E-state index contributed by atoms with van der Waals surface area (Å²) in [5, 5.41) is 21.4. The van der Waals surface area contributed by atoms with Gasteiger partial charge in [0.25, 0.3) is 5.91 Å². The predicted octanol–water partition coefficient (Wildman–Crippen LogP) is 2.89. The first-order valence-corrected chi connectivity index (χ1v) is 9.93. The molecule has 2 aromatic rings. The van der Waals surface area contributed by atoms with Crippen LogP contribution < -0.4 is 5.32 Å². The Morgan fingerprint density at radius 1 is 1.26 bits per heavy atom. The van der Waals surface area contributed by atoms with Gasteiger partial charge in [-0.1, -0.05) is 0 Å². The molecule has 144 valence electrons. The monoisotopic (exact) mass is 418 g/mol. The molecule has 1 unspecified atom stereocenters. The van der Waals surface area contributed by atoms with Crippen molar-refractivity contribution >= 4 is 32.8 Å². The van der Waals surface area contributed by atoms with Crippen molar-refractivity contribution < 1.29 is 31.5 Å². The van der Waals surface area contributed by atoms with E-state index in [1.165, 1.54) is 18.2 Å². The second-order valence-corrected chi connectivity index (χ2v) is 9.11. The third-order valence-corrected chi connectivity index (χ3v) is 6.69. The van der Waals surface area contributed by atoms with Crippen molar-refractivity contribution in [2.75, 3.05) is 11.6 Å². The number of amides is 1. The number of carbonyl (C=O) groups excluding carboxylic acids is 1. The number of benzene rings is 1. The lowest BCUT2D eigenvalue weighted by Crippen LogP contribution is -2.36. The van der Waals surface area contributed by atoms with Crippen molar-refractivity contribution in [3.8, 4) is 6.07 Å². The van der Waals surface area contributed by atoms with Crippen molar-refractivity contribution in [2.45, 2.75) is 22.9 Å². The molecule has 27 heavy (non-hydrogen) atoms. The van der Waals surface area contributed by atoms with E-state index in [1.54, 1.807) is 0 Å². The Kier molecular flexibility index (Phi) is 5.38. The molecule has 0 fully saturated rings. The highest BCUT2D eigenvalue weighted by Crippen LogP contribution is 2.35. The summed E-state index contributed by atoms with van der Waals surface area (Å²) in [6.45, 7) is 1.09. The van der Waals surface area contributed by atoms with Gasteiger partial charge in [-0.2, -0.15) is 18.4 Å². The van der Waals surface area contributed by atoms with Crippen LogP contribution in [0.15, 0.2) is 34.5 Å². The Morgan fingerprint density at radius 2 is 1.89 bits per heavy atom. The van der Waals surface area contributed by atoms with E-state index >= 15 is 0 Å². The molecule has 2 rings (SSSR count). The van der Waals surface area contributed by atoms with Crippen LogP contribution >= 0.6 is 11.3 Å². The summed E-state index contributed by atoms with van der Waals surface area (Å²) in [5.41, 5.74) is -4.28. The quantitative estimate of drug-likeness (QED) is 0.794. The van der Waals surface area contributed by atoms with Crippen LogP contribution in [0.1, 0.15) is 22.9 Å². The molecule has 1 heterocycles. The maximum atomic E-state index is 13.0. The molecule has 0 saturated heterocycles. The van der Waals surface area contributed by atoms with Gasteiger partial charge in [0, 0.05) is 16.8 Å². The largest absolute Gasteiger partial charge is 0.417 e. The maximum absolute atomic E-state index is 13.0. The Bertz CT molecular complexity index is 1030. The molecule has 0 aliphatic rings. The molecule has 0 aliphatic heterocycles. The maximum Gasteiger partial charge on any atom is 0.417 e. The number of alkyl halides is 3. The van der Waals surface area contributed by atoms with Gasteiger partial charge in [-0.15, -0.1) is 11.3 Å². The van der Waals surface area contributed by atoms with Gasteiger partial charge in [-0.05, 0) is 37.3 Å². The molecule has 2 N–H and O–H groups in total. The fourth-order valence-corrected chi connectivity index (χ4v) is 4.07. The first kappa shape index (κ1) is 20.9. The first-order valence-electron chi connectivity index (χ1n) is 7.22. The lowest BCUT2D eigenvalue weighted by molar-refractivity contribution is -0.138. The van der Waals surface area contributed by atoms with Crippen molar-refractivity contribution in [3.05, 3.63) is 46.3 Å². The van der Waals surface area contributed by atoms with E-state index in [4.69, 9.17) is 5.26 Å². The molecule has 1 aromatic carbocycles. The Labute approximate surface area is 156 Å². The van der Waals surface area contributed by atoms with Crippen molar-refractivity contribution in [2.24, 2.45) is 0 Å². The lowest BCUT2D eigenvalue weighted by Gasteiger charge is -2.21. The summed E-state index contributed by atoms with van der Waals surface area (Å²) in [4.78, 5) is 12.4. The highest BCUT2D eigenvalue weighted by molar-refractivity contribution is 7.92. The van der Waals surface area contributed by atoms with E-state index < -0.39 is 38.6 Å². The molecule has 0 aliphatic carbocycles. The third kappa shape index (κ3) is 4.47. The van der Waals surface area contributed by atoms with Gasteiger partial charge in [-0.3, -0.25) is 4.79 Å². The molecule has 0 radical (unpaired) electrons. The van der Waals surface area contributed by atoms with Crippen LogP contribution in [-0.2, 0) is 26.4 Å². The standard InChI is InChI=1S/C16H13F3N2O4S2/c1-15(23,12-5-6-13(26-12)27(2,24)25)14(22)21-10-4-3-9(8-20)11(7-10)16(17,18)19/h3-7,23H,1-2H3,(H,21,22). The van der Waals surface area contributed by atoms with Gasteiger partial charge in [0.1, 0.15) is 4.21 Å². The molecule has 0 saturated carbocycles. The van der Waals surface area contributed by atoms with Gasteiger partial charge in [0.15, 0.2) is 15.4 Å². The van der Waals surface area contributed by atoms with E-state index in [9.17, 15) is 31.5 Å². The number of anilines is 1. The summed E-state index contributed by atoms with van der Waals surface area (Å²) in [6.07, 6.45) is -3.83. The minimum atomic E-state index is -4.80. The minimum Gasteiger partial charge on any atom is -0.375 e. The number of halogens is 3. The van der Waals surface area contributed by atoms with E-state index in [1.807, 2.05) is 0 Å². The molecule has 0 spiro atoms. The number of rotatable bonds is 4. The summed E-state index contributed by atoms with van der Waals surface area (Å²) < 4.78 is 62.0. The predicted molar refractivity (Wildman–Crippen MR) is 91.8 cm³/mol. The molecule has 11 heteroatoms. The van der Waals surface area contributed by atoms with Crippen LogP contribution in [-0.4, -0.2) is 25.7 Å². The number of carbonyl (C=O) groups is 1. The number of sulfone groups is 1. The molecule has 6 nitrogen and oxygen atoms in total. The highest BCUT2D eigenvalue weighted by Gasteiger charge is 2.37.